The molecule has 1 atom stereocenters. The minimum absolute atomic E-state index is 0.0545. The second kappa shape index (κ2) is 7.98. The van der Waals surface area contributed by atoms with E-state index in [0.717, 1.165) is 16.7 Å². The molecule has 3 aromatic carbocycles. The van der Waals surface area contributed by atoms with E-state index in [1.165, 1.54) is 24.3 Å². The molecule has 0 aliphatic carbocycles. The summed E-state index contributed by atoms with van der Waals surface area (Å²) < 4.78 is 5.50. The molecule has 1 heterocycles. The smallest absolute Gasteiger partial charge is 0.410 e. The number of benzene rings is 3. The van der Waals surface area contributed by atoms with Crippen LogP contribution in [0.5, 0.6) is 5.75 Å². The molecule has 0 saturated carbocycles. The minimum atomic E-state index is -0.505. The van der Waals surface area contributed by atoms with Gasteiger partial charge in [-0.25, -0.2) is 4.79 Å². The fourth-order valence-corrected chi connectivity index (χ4v) is 3.35. The van der Waals surface area contributed by atoms with Crippen molar-refractivity contribution in [3.05, 3.63) is 112 Å². The molecule has 3 aromatic rings. The Morgan fingerprint density at radius 3 is 2.17 bits per heavy atom. The molecule has 0 bridgehead atoms. The zero-order chi connectivity index (χ0) is 20.2. The Balaban J connectivity index is 1.59. The van der Waals surface area contributed by atoms with Crippen LogP contribution in [0.2, 0.25) is 0 Å². The maximum Gasteiger partial charge on any atom is 0.416 e. The minimum Gasteiger partial charge on any atom is -0.410 e. The van der Waals surface area contributed by atoms with Crippen LogP contribution < -0.4 is 4.74 Å². The quantitative estimate of drug-likeness (QED) is 0.454. The van der Waals surface area contributed by atoms with Crippen molar-refractivity contribution in [3.8, 4) is 5.75 Å². The van der Waals surface area contributed by atoms with Crippen molar-refractivity contribution < 1.29 is 14.5 Å². The topological polar surface area (TPSA) is 72.7 Å². The summed E-state index contributed by atoms with van der Waals surface area (Å²) in [5.41, 5.74) is 3.03. The van der Waals surface area contributed by atoms with Gasteiger partial charge in [-0.1, -0.05) is 66.7 Å². The van der Waals surface area contributed by atoms with Crippen LogP contribution in [-0.2, 0) is 0 Å². The van der Waals surface area contributed by atoms with Gasteiger partial charge in [-0.05, 0) is 28.8 Å². The summed E-state index contributed by atoms with van der Waals surface area (Å²) in [6.07, 6.45) is 1.57. The molecule has 29 heavy (non-hydrogen) atoms. The molecule has 0 N–H and O–H groups in total. The monoisotopic (exact) mass is 386 g/mol. The second-order valence-electron chi connectivity index (χ2n) is 6.66. The zero-order valence-electron chi connectivity index (χ0n) is 15.5. The van der Waals surface area contributed by atoms with Gasteiger partial charge in [0, 0.05) is 12.1 Å². The van der Waals surface area contributed by atoms with Crippen LogP contribution in [-0.4, -0.2) is 22.5 Å². The molecule has 144 valence electrons. The normalized spacial score (nSPS) is 15.7. The molecule has 1 unspecified atom stereocenters. The Kier molecular flexibility index (Phi) is 5.07. The maximum atomic E-state index is 12.9. The molecular weight excluding hydrogens is 368 g/mol. The maximum absolute atomic E-state index is 12.9. The lowest BCUT2D eigenvalue weighted by molar-refractivity contribution is -0.384. The van der Waals surface area contributed by atoms with Gasteiger partial charge in [-0.15, -0.1) is 0 Å². The summed E-state index contributed by atoms with van der Waals surface area (Å²) in [4.78, 5) is 24.9. The van der Waals surface area contributed by atoms with Crippen LogP contribution in [0, 0.1) is 10.1 Å². The molecule has 6 heteroatoms. The number of nitrogens with zero attached hydrogens (tertiary/aromatic N) is 2. The van der Waals surface area contributed by atoms with Gasteiger partial charge in [0.25, 0.3) is 5.69 Å². The van der Waals surface area contributed by atoms with Crippen molar-refractivity contribution in [1.29, 1.82) is 0 Å². The molecule has 4 rings (SSSR count). The third kappa shape index (κ3) is 4.01. The number of rotatable bonds is 4. The van der Waals surface area contributed by atoms with E-state index in [2.05, 4.69) is 6.08 Å². The summed E-state index contributed by atoms with van der Waals surface area (Å²) in [6, 6.07) is 24.9. The lowest BCUT2D eigenvalue weighted by Crippen LogP contribution is -2.34. The lowest BCUT2D eigenvalue weighted by Gasteiger charge is -2.24. The lowest BCUT2D eigenvalue weighted by atomic mass is 10.0. The van der Waals surface area contributed by atoms with Crippen molar-refractivity contribution in [2.24, 2.45) is 0 Å². The van der Waals surface area contributed by atoms with Crippen LogP contribution in [0.15, 0.2) is 91.0 Å². The van der Waals surface area contributed by atoms with Crippen molar-refractivity contribution in [3.63, 3.8) is 0 Å². The van der Waals surface area contributed by atoms with Crippen molar-refractivity contribution in [2.45, 2.75) is 6.04 Å². The van der Waals surface area contributed by atoms with E-state index in [1.807, 2.05) is 60.7 Å². The third-order valence-electron chi connectivity index (χ3n) is 4.81. The van der Waals surface area contributed by atoms with E-state index in [4.69, 9.17) is 4.74 Å². The van der Waals surface area contributed by atoms with Crippen LogP contribution >= 0.6 is 0 Å². The third-order valence-corrected chi connectivity index (χ3v) is 4.81. The van der Waals surface area contributed by atoms with Gasteiger partial charge in [-0.2, -0.15) is 0 Å². The second-order valence-corrected chi connectivity index (χ2v) is 6.66. The Morgan fingerprint density at radius 1 is 0.931 bits per heavy atom. The molecule has 0 spiro atoms. The molecule has 0 aromatic heterocycles. The first-order valence-corrected chi connectivity index (χ1v) is 9.16. The SMILES string of the molecule is O=C(Oc1ccc([N+](=O)[O-])cc1)N1CC(c2ccccc2)=CC1c1ccccc1. The Hall–Kier alpha value is -3.93. The Bertz CT molecular complexity index is 1050. The molecular formula is C23H18N2O4. The van der Waals surface area contributed by atoms with Crippen LogP contribution in [0.3, 0.4) is 0 Å². The highest BCUT2D eigenvalue weighted by molar-refractivity contribution is 5.80. The zero-order valence-corrected chi connectivity index (χ0v) is 15.5. The van der Waals surface area contributed by atoms with E-state index in [0.29, 0.717) is 6.54 Å². The predicted octanol–water partition coefficient (Wildman–Crippen LogP) is 5.23. The average Bonchev–Trinajstić information content (AvgIpc) is 3.21. The van der Waals surface area contributed by atoms with Gasteiger partial charge >= 0.3 is 6.09 Å². The first kappa shape index (κ1) is 18.4. The van der Waals surface area contributed by atoms with Crippen LogP contribution in [0.25, 0.3) is 5.57 Å². The molecule has 1 amide bonds. The summed E-state index contributed by atoms with van der Waals surface area (Å²) in [5.74, 6) is 0.264. The van der Waals surface area contributed by atoms with Gasteiger partial charge in [-0.3, -0.25) is 15.0 Å². The van der Waals surface area contributed by atoms with Gasteiger partial charge in [0.1, 0.15) is 5.75 Å². The molecule has 6 nitrogen and oxygen atoms in total. The van der Waals surface area contributed by atoms with Crippen molar-refractivity contribution in [2.75, 3.05) is 6.54 Å². The van der Waals surface area contributed by atoms with E-state index in [1.54, 1.807) is 4.90 Å². The number of amides is 1. The molecule has 0 fully saturated rings. The first-order valence-electron chi connectivity index (χ1n) is 9.16. The highest BCUT2D eigenvalue weighted by Gasteiger charge is 2.32. The summed E-state index contributed by atoms with van der Waals surface area (Å²) >= 11 is 0. The standard InChI is InChI=1S/C23H18N2O4/c26-23(29-21-13-11-20(12-14-21)25(27)28)24-16-19(17-7-3-1-4-8-17)15-22(24)18-9-5-2-6-10-18/h1-15,22H,16H2. The average molecular weight is 386 g/mol. The Morgan fingerprint density at radius 2 is 1.55 bits per heavy atom. The summed E-state index contributed by atoms with van der Waals surface area (Å²) in [5, 5.41) is 10.8. The fourth-order valence-electron chi connectivity index (χ4n) is 3.35. The van der Waals surface area contributed by atoms with Gasteiger partial charge in [0.15, 0.2) is 0 Å². The number of carbonyl (C=O) groups excluding carboxylic acids is 1. The number of nitro groups is 1. The highest BCUT2D eigenvalue weighted by atomic mass is 16.6. The molecule has 1 aliphatic heterocycles. The highest BCUT2D eigenvalue weighted by Crippen LogP contribution is 2.35. The number of non-ortho nitro benzene ring substituents is 1. The number of ether oxygens (including phenoxy) is 1. The van der Waals surface area contributed by atoms with Gasteiger partial charge in [0.2, 0.25) is 0 Å². The Labute approximate surface area is 167 Å². The summed E-state index contributed by atoms with van der Waals surface area (Å²) in [6.45, 7) is 0.412. The van der Waals surface area contributed by atoms with E-state index in [9.17, 15) is 14.9 Å². The van der Waals surface area contributed by atoms with Gasteiger partial charge < -0.3 is 4.74 Å². The van der Waals surface area contributed by atoms with Crippen molar-refractivity contribution in [1.82, 2.24) is 4.90 Å². The fraction of sp³-hybridized carbons (Fsp3) is 0.0870. The molecule has 0 saturated heterocycles. The van der Waals surface area contributed by atoms with E-state index < -0.39 is 11.0 Å². The largest absolute Gasteiger partial charge is 0.416 e. The number of hydrogen-bond acceptors (Lipinski definition) is 4. The number of carbonyl (C=O) groups is 1. The first-order chi connectivity index (χ1) is 14.1. The van der Waals surface area contributed by atoms with Crippen LogP contribution in [0.4, 0.5) is 10.5 Å². The number of hydrogen-bond donors (Lipinski definition) is 0. The van der Waals surface area contributed by atoms with E-state index >= 15 is 0 Å². The van der Waals surface area contributed by atoms with Crippen molar-refractivity contribution >= 4 is 17.4 Å². The molecule has 1 aliphatic rings. The van der Waals surface area contributed by atoms with Crippen LogP contribution in [0.1, 0.15) is 17.2 Å². The molecule has 0 radical (unpaired) electrons. The van der Waals surface area contributed by atoms with Gasteiger partial charge in [0.05, 0.1) is 17.5 Å². The number of nitro benzene ring substituents is 1. The van der Waals surface area contributed by atoms with E-state index in [-0.39, 0.29) is 17.5 Å². The summed E-state index contributed by atoms with van der Waals surface area (Å²) in [7, 11) is 0. The predicted molar refractivity (Wildman–Crippen MR) is 109 cm³/mol.